The second-order valence-corrected chi connectivity index (χ2v) is 4.38. The van der Waals surface area contributed by atoms with Crippen molar-refractivity contribution in [3.8, 4) is 5.75 Å². The Hall–Kier alpha value is -1.31. The molecule has 15 heavy (non-hydrogen) atoms. The molecule has 0 fully saturated rings. The van der Waals surface area contributed by atoms with Gasteiger partial charge in [-0.1, -0.05) is 12.1 Å². The van der Waals surface area contributed by atoms with Crippen molar-refractivity contribution in [2.24, 2.45) is 5.14 Å². The number of aromatic hydroxyl groups is 1. The number of para-hydroxylation sites is 2. The van der Waals surface area contributed by atoms with Gasteiger partial charge in [0.05, 0.1) is 18.0 Å². The van der Waals surface area contributed by atoms with Crippen molar-refractivity contribution in [2.75, 3.05) is 18.1 Å². The van der Waals surface area contributed by atoms with Crippen LogP contribution in [0, 0.1) is 0 Å². The van der Waals surface area contributed by atoms with E-state index in [2.05, 4.69) is 5.14 Å². The van der Waals surface area contributed by atoms with E-state index < -0.39 is 16.6 Å². The summed E-state index contributed by atoms with van der Waals surface area (Å²) in [6.45, 7) is -0.404. The fraction of sp³-hybridized carbons (Fsp3) is 0.250. The highest BCUT2D eigenvalue weighted by molar-refractivity contribution is 7.89. The van der Waals surface area contributed by atoms with Crippen molar-refractivity contribution in [2.45, 2.75) is 0 Å². The molecule has 1 rings (SSSR count). The SMILES string of the molecule is NS(=O)(=O)CCO.Nc1ccccc1O. The fourth-order valence-corrected chi connectivity index (χ4v) is 0.869. The Labute approximate surface area is 88.2 Å². The predicted octanol–water partition coefficient (Wildman–Crippen LogP) is -0.758. The minimum atomic E-state index is -3.42. The van der Waals surface area contributed by atoms with Crippen molar-refractivity contribution < 1.29 is 18.6 Å². The lowest BCUT2D eigenvalue weighted by atomic mass is 10.3. The van der Waals surface area contributed by atoms with Crippen LogP contribution in [0.5, 0.6) is 5.75 Å². The zero-order valence-electron chi connectivity index (χ0n) is 8.00. The molecular formula is C8H14N2O4S. The maximum absolute atomic E-state index is 9.85. The minimum Gasteiger partial charge on any atom is -0.506 e. The third-order valence-electron chi connectivity index (χ3n) is 1.31. The van der Waals surface area contributed by atoms with Crippen LogP contribution in [-0.4, -0.2) is 31.0 Å². The molecule has 0 amide bonds. The normalized spacial score (nSPS) is 10.3. The van der Waals surface area contributed by atoms with E-state index in [9.17, 15) is 8.42 Å². The Morgan fingerprint density at radius 1 is 1.27 bits per heavy atom. The van der Waals surface area contributed by atoms with Crippen LogP contribution >= 0.6 is 0 Å². The third-order valence-corrected chi connectivity index (χ3v) is 2.06. The second-order valence-electron chi connectivity index (χ2n) is 2.65. The Kier molecular flexibility index (Phi) is 5.68. The summed E-state index contributed by atoms with van der Waals surface area (Å²) in [4.78, 5) is 0. The summed E-state index contributed by atoms with van der Waals surface area (Å²) < 4.78 is 19.7. The number of phenolic OH excluding ortho intramolecular Hbond substituents is 1. The topological polar surface area (TPSA) is 127 Å². The van der Waals surface area contributed by atoms with Crippen LogP contribution in [0.4, 0.5) is 5.69 Å². The van der Waals surface area contributed by atoms with E-state index in [0.717, 1.165) is 0 Å². The fourth-order valence-electron chi connectivity index (χ4n) is 0.615. The molecule has 6 N–H and O–H groups in total. The Balaban J connectivity index is 0.000000265. The average Bonchev–Trinajstić information content (AvgIpc) is 2.09. The third kappa shape index (κ3) is 7.74. The standard InChI is InChI=1S/C6H7NO.C2H7NO3S/c7-5-3-1-2-4-6(5)8;3-7(5,6)2-1-4/h1-4,8H,7H2;4H,1-2H2,(H2,3,5,6). The summed E-state index contributed by atoms with van der Waals surface area (Å²) in [7, 11) is -3.42. The molecule has 0 aliphatic carbocycles. The number of hydrogen-bond acceptors (Lipinski definition) is 5. The molecule has 0 heterocycles. The van der Waals surface area contributed by atoms with Gasteiger partial charge in [0.2, 0.25) is 10.0 Å². The summed E-state index contributed by atoms with van der Waals surface area (Å²) in [5.74, 6) is -0.208. The molecule has 1 aromatic rings. The number of hydrogen-bond donors (Lipinski definition) is 4. The van der Waals surface area contributed by atoms with Crippen LogP contribution in [0.15, 0.2) is 24.3 Å². The first-order valence-corrected chi connectivity index (χ1v) is 5.73. The summed E-state index contributed by atoms with van der Waals surface area (Å²) in [6.07, 6.45) is 0. The minimum absolute atomic E-state index is 0.146. The summed E-state index contributed by atoms with van der Waals surface area (Å²) in [5, 5.41) is 21.2. The average molecular weight is 234 g/mol. The Bertz CT molecular complexity index is 370. The molecule has 0 aliphatic heterocycles. The molecular weight excluding hydrogens is 220 g/mol. The number of primary sulfonamides is 1. The van der Waals surface area contributed by atoms with Crippen molar-refractivity contribution >= 4 is 15.7 Å². The van der Waals surface area contributed by atoms with Crippen LogP contribution < -0.4 is 10.9 Å². The van der Waals surface area contributed by atoms with Gasteiger partial charge in [-0.2, -0.15) is 0 Å². The molecule has 0 aromatic heterocycles. The quantitative estimate of drug-likeness (QED) is 0.395. The van der Waals surface area contributed by atoms with Gasteiger partial charge in [-0.3, -0.25) is 0 Å². The first-order chi connectivity index (χ1) is 6.87. The molecule has 0 unspecified atom stereocenters. The van der Waals surface area contributed by atoms with Crippen molar-refractivity contribution in [1.82, 2.24) is 0 Å². The van der Waals surface area contributed by atoms with E-state index in [1.165, 1.54) is 0 Å². The van der Waals surface area contributed by atoms with Crippen molar-refractivity contribution in [3.05, 3.63) is 24.3 Å². The number of aliphatic hydroxyl groups is 1. The number of nitrogens with two attached hydrogens (primary N) is 2. The van der Waals surface area contributed by atoms with Crippen LogP contribution in [0.2, 0.25) is 0 Å². The van der Waals surface area contributed by atoms with E-state index in [0.29, 0.717) is 5.69 Å². The highest BCUT2D eigenvalue weighted by atomic mass is 32.2. The van der Waals surface area contributed by atoms with Gasteiger partial charge < -0.3 is 15.9 Å². The van der Waals surface area contributed by atoms with Gasteiger partial charge in [0, 0.05) is 0 Å². The second kappa shape index (κ2) is 6.23. The first kappa shape index (κ1) is 13.7. The molecule has 0 bridgehead atoms. The van der Waals surface area contributed by atoms with Crippen molar-refractivity contribution in [1.29, 1.82) is 0 Å². The maximum Gasteiger partial charge on any atom is 0.211 e. The lowest BCUT2D eigenvalue weighted by molar-refractivity contribution is 0.319. The van der Waals surface area contributed by atoms with E-state index in [1.807, 2.05) is 0 Å². The molecule has 0 saturated carbocycles. The first-order valence-electron chi connectivity index (χ1n) is 4.01. The number of phenols is 1. The summed E-state index contributed by atoms with van der Waals surface area (Å²) in [6, 6.07) is 6.70. The van der Waals surface area contributed by atoms with Gasteiger partial charge in [0.15, 0.2) is 0 Å². The van der Waals surface area contributed by atoms with Gasteiger partial charge in [-0.15, -0.1) is 0 Å². The molecule has 6 nitrogen and oxygen atoms in total. The number of rotatable bonds is 2. The Morgan fingerprint density at radius 3 is 2.00 bits per heavy atom. The van der Waals surface area contributed by atoms with Gasteiger partial charge in [0.1, 0.15) is 5.75 Å². The zero-order chi connectivity index (χ0) is 11.9. The van der Waals surface area contributed by atoms with E-state index >= 15 is 0 Å². The molecule has 7 heteroatoms. The van der Waals surface area contributed by atoms with Crippen LogP contribution in [-0.2, 0) is 10.0 Å². The molecule has 0 spiro atoms. The smallest absolute Gasteiger partial charge is 0.211 e. The number of sulfonamides is 1. The highest BCUT2D eigenvalue weighted by Gasteiger charge is 1.96. The molecule has 1 aromatic carbocycles. The lowest BCUT2D eigenvalue weighted by Gasteiger charge is -1.92. The molecule has 0 saturated heterocycles. The summed E-state index contributed by atoms with van der Waals surface area (Å²) >= 11 is 0. The van der Waals surface area contributed by atoms with Crippen molar-refractivity contribution in [3.63, 3.8) is 0 Å². The number of nitrogen functional groups attached to an aromatic ring is 1. The zero-order valence-corrected chi connectivity index (χ0v) is 8.81. The van der Waals surface area contributed by atoms with E-state index in [-0.39, 0.29) is 11.5 Å². The molecule has 0 radical (unpaired) electrons. The van der Waals surface area contributed by atoms with Gasteiger partial charge in [0.25, 0.3) is 0 Å². The number of anilines is 1. The lowest BCUT2D eigenvalue weighted by Crippen LogP contribution is -2.18. The monoisotopic (exact) mass is 234 g/mol. The van der Waals surface area contributed by atoms with Gasteiger partial charge in [-0.05, 0) is 12.1 Å². The van der Waals surface area contributed by atoms with Gasteiger partial charge in [-0.25, -0.2) is 13.6 Å². The van der Waals surface area contributed by atoms with Crippen LogP contribution in [0.3, 0.4) is 0 Å². The highest BCUT2D eigenvalue weighted by Crippen LogP contribution is 2.16. The summed E-state index contributed by atoms with van der Waals surface area (Å²) in [5.41, 5.74) is 5.69. The predicted molar refractivity (Wildman–Crippen MR) is 57.6 cm³/mol. The maximum atomic E-state index is 9.85. The van der Waals surface area contributed by atoms with Crippen LogP contribution in [0.25, 0.3) is 0 Å². The molecule has 86 valence electrons. The van der Waals surface area contributed by atoms with Gasteiger partial charge >= 0.3 is 0 Å². The Morgan fingerprint density at radius 2 is 1.80 bits per heavy atom. The number of benzene rings is 1. The van der Waals surface area contributed by atoms with E-state index in [4.69, 9.17) is 15.9 Å². The van der Waals surface area contributed by atoms with Crippen LogP contribution in [0.1, 0.15) is 0 Å². The largest absolute Gasteiger partial charge is 0.506 e. The molecule has 0 aliphatic rings. The molecule has 0 atom stereocenters. The number of aliphatic hydroxyl groups excluding tert-OH is 1. The van der Waals surface area contributed by atoms with E-state index in [1.54, 1.807) is 24.3 Å².